The van der Waals surface area contributed by atoms with Gasteiger partial charge in [-0.3, -0.25) is 0 Å². The van der Waals surface area contributed by atoms with E-state index < -0.39 is 16.7 Å². The molecule has 6 heteroatoms. The highest BCUT2D eigenvalue weighted by Gasteiger charge is 2.06. The Morgan fingerprint density at radius 3 is 2.29 bits per heavy atom. The molecular formula is C8H10FNO3S. The standard InChI is InChI=1S/C8H10FNO3S/c9-5-6-13-7-1-3-8(4-2-7)14(10,11)12/h1-4H,5-6H2,(H2,10,11,12)/i9-1. The van der Waals surface area contributed by atoms with Crippen LogP contribution in [0.25, 0.3) is 0 Å². The third-order valence-corrected chi connectivity index (χ3v) is 2.43. The molecule has 0 aliphatic heterocycles. The van der Waals surface area contributed by atoms with E-state index in [2.05, 4.69) is 0 Å². The van der Waals surface area contributed by atoms with E-state index in [-0.39, 0.29) is 11.5 Å². The van der Waals surface area contributed by atoms with Crippen molar-refractivity contribution >= 4 is 10.0 Å². The van der Waals surface area contributed by atoms with Crippen LogP contribution < -0.4 is 9.88 Å². The van der Waals surface area contributed by atoms with Crippen molar-refractivity contribution in [1.29, 1.82) is 0 Å². The Bertz CT molecular complexity index is 388. The average molecular weight is 218 g/mol. The second-order valence-corrected chi connectivity index (χ2v) is 4.12. The van der Waals surface area contributed by atoms with E-state index in [4.69, 9.17) is 9.88 Å². The summed E-state index contributed by atoms with van der Waals surface area (Å²) in [6.07, 6.45) is 0. The number of halogens is 1. The fourth-order valence-electron chi connectivity index (χ4n) is 0.882. The van der Waals surface area contributed by atoms with E-state index in [1.54, 1.807) is 0 Å². The first kappa shape index (κ1) is 10.9. The van der Waals surface area contributed by atoms with Crippen LogP contribution >= 0.6 is 0 Å². The molecule has 0 radical (unpaired) electrons. The van der Waals surface area contributed by atoms with Crippen molar-refractivity contribution in [3.8, 4) is 5.75 Å². The Hall–Kier alpha value is -1.14. The molecule has 78 valence electrons. The monoisotopic (exact) mass is 218 g/mol. The van der Waals surface area contributed by atoms with E-state index >= 15 is 0 Å². The predicted octanol–water partition coefficient (Wildman–Crippen LogP) is 0.682. The molecule has 0 saturated carbocycles. The molecule has 0 atom stereocenters. The lowest BCUT2D eigenvalue weighted by Gasteiger charge is -2.03. The SMILES string of the molecule is NS(=O)(=O)c1ccc(OCC[18F])cc1. The molecule has 0 fully saturated rings. The minimum absolute atomic E-state index is 0.00472. The number of nitrogens with two attached hydrogens (primary N) is 1. The summed E-state index contributed by atoms with van der Waals surface area (Å²) in [7, 11) is -3.67. The van der Waals surface area contributed by atoms with Crippen LogP contribution in [0.15, 0.2) is 29.2 Å². The summed E-state index contributed by atoms with van der Waals surface area (Å²) in [6.45, 7) is -0.633. The van der Waals surface area contributed by atoms with E-state index in [1.807, 2.05) is 0 Å². The normalized spacial score (nSPS) is 11.3. The van der Waals surface area contributed by atoms with Gasteiger partial charge in [0.25, 0.3) is 0 Å². The average Bonchev–Trinajstić information content (AvgIpc) is 2.14. The van der Waals surface area contributed by atoms with E-state index in [1.165, 1.54) is 24.3 Å². The third kappa shape index (κ3) is 2.97. The van der Waals surface area contributed by atoms with Crippen molar-refractivity contribution in [3.63, 3.8) is 0 Å². The van der Waals surface area contributed by atoms with Crippen LogP contribution in [0, 0.1) is 0 Å². The molecule has 1 aromatic carbocycles. The third-order valence-electron chi connectivity index (χ3n) is 1.50. The first-order chi connectivity index (χ1) is 6.54. The lowest BCUT2D eigenvalue weighted by atomic mass is 10.3. The zero-order valence-corrected chi connectivity index (χ0v) is 8.13. The van der Waals surface area contributed by atoms with Gasteiger partial charge in [0.2, 0.25) is 10.0 Å². The van der Waals surface area contributed by atoms with Crippen molar-refractivity contribution in [2.45, 2.75) is 4.90 Å². The van der Waals surface area contributed by atoms with Crippen LogP contribution in [0.1, 0.15) is 0 Å². The number of primary sulfonamides is 1. The molecule has 0 unspecified atom stereocenters. The van der Waals surface area contributed by atoms with Gasteiger partial charge in [-0.1, -0.05) is 0 Å². The number of benzene rings is 1. The quantitative estimate of drug-likeness (QED) is 0.808. The summed E-state index contributed by atoms with van der Waals surface area (Å²) in [5.41, 5.74) is 0. The highest BCUT2D eigenvalue weighted by molar-refractivity contribution is 7.89. The number of ether oxygens (including phenoxy) is 1. The Balaban J connectivity index is 2.79. The Morgan fingerprint density at radius 1 is 1.29 bits per heavy atom. The van der Waals surface area contributed by atoms with Gasteiger partial charge in [0.05, 0.1) is 4.90 Å². The number of rotatable bonds is 4. The number of sulfonamides is 1. The smallest absolute Gasteiger partial charge is 0.238 e. The van der Waals surface area contributed by atoms with Crippen LogP contribution in [-0.2, 0) is 10.0 Å². The Kier molecular flexibility index (Phi) is 3.43. The van der Waals surface area contributed by atoms with Crippen molar-refractivity contribution in [2.24, 2.45) is 5.14 Å². The van der Waals surface area contributed by atoms with E-state index in [9.17, 15) is 12.8 Å². The minimum atomic E-state index is -3.67. The van der Waals surface area contributed by atoms with E-state index in [0.29, 0.717) is 5.75 Å². The lowest BCUT2D eigenvalue weighted by molar-refractivity contribution is 0.273. The number of hydrogen-bond donors (Lipinski definition) is 1. The van der Waals surface area contributed by atoms with Crippen molar-refractivity contribution in [2.75, 3.05) is 13.3 Å². The van der Waals surface area contributed by atoms with Crippen LogP contribution in [0.4, 0.5) is 4.39 Å². The molecule has 0 aliphatic carbocycles. The fraction of sp³-hybridized carbons (Fsp3) is 0.250. The van der Waals surface area contributed by atoms with Gasteiger partial charge in [0.15, 0.2) is 0 Å². The lowest BCUT2D eigenvalue weighted by Crippen LogP contribution is -2.11. The van der Waals surface area contributed by atoms with Gasteiger partial charge in [-0.2, -0.15) is 0 Å². The number of alkyl halides is 1. The van der Waals surface area contributed by atoms with Crippen molar-refractivity contribution < 1.29 is 17.5 Å². The highest BCUT2D eigenvalue weighted by atomic mass is 32.2. The van der Waals surface area contributed by atoms with Gasteiger partial charge >= 0.3 is 0 Å². The van der Waals surface area contributed by atoms with Gasteiger partial charge in [-0.15, -0.1) is 0 Å². The molecule has 0 aliphatic rings. The molecule has 1 rings (SSSR count). The zero-order valence-electron chi connectivity index (χ0n) is 7.31. The molecule has 0 spiro atoms. The van der Waals surface area contributed by atoms with Crippen LogP contribution in [0.3, 0.4) is 0 Å². The maximum absolute atomic E-state index is 11.7. The first-order valence-electron chi connectivity index (χ1n) is 3.85. The number of hydrogen-bond acceptors (Lipinski definition) is 3. The van der Waals surface area contributed by atoms with Gasteiger partial charge in [0, 0.05) is 0 Å². The topological polar surface area (TPSA) is 69.4 Å². The van der Waals surface area contributed by atoms with Gasteiger partial charge in [-0.05, 0) is 24.3 Å². The molecule has 2 N–H and O–H groups in total. The van der Waals surface area contributed by atoms with Crippen LogP contribution in [0.2, 0.25) is 0 Å². The maximum atomic E-state index is 11.7. The summed E-state index contributed by atoms with van der Waals surface area (Å²) in [4.78, 5) is 0.00472. The Labute approximate surface area is 81.5 Å². The second kappa shape index (κ2) is 4.39. The molecular weight excluding hydrogens is 208 g/mol. The van der Waals surface area contributed by atoms with Gasteiger partial charge < -0.3 is 4.74 Å². The summed E-state index contributed by atoms with van der Waals surface area (Å²) >= 11 is 0. The molecule has 0 bridgehead atoms. The van der Waals surface area contributed by atoms with Crippen molar-refractivity contribution in [1.82, 2.24) is 0 Å². The van der Waals surface area contributed by atoms with Gasteiger partial charge in [-0.25, -0.2) is 17.9 Å². The molecule has 1 aromatic rings. The summed E-state index contributed by atoms with van der Waals surface area (Å²) in [6, 6.07) is 5.47. The summed E-state index contributed by atoms with van der Waals surface area (Å²) < 4.78 is 38.3. The highest BCUT2D eigenvalue weighted by Crippen LogP contribution is 2.14. The van der Waals surface area contributed by atoms with Crippen molar-refractivity contribution in [3.05, 3.63) is 24.3 Å². The van der Waals surface area contributed by atoms with E-state index in [0.717, 1.165) is 0 Å². The maximum Gasteiger partial charge on any atom is 0.238 e. The van der Waals surface area contributed by atoms with Crippen LogP contribution in [-0.4, -0.2) is 21.7 Å². The molecule has 0 aromatic heterocycles. The minimum Gasteiger partial charge on any atom is -0.491 e. The van der Waals surface area contributed by atoms with Gasteiger partial charge in [0.1, 0.15) is 19.0 Å². The second-order valence-electron chi connectivity index (χ2n) is 2.55. The Morgan fingerprint density at radius 2 is 1.86 bits per heavy atom. The molecule has 4 nitrogen and oxygen atoms in total. The fourth-order valence-corrected chi connectivity index (χ4v) is 1.40. The largest absolute Gasteiger partial charge is 0.491 e. The van der Waals surface area contributed by atoms with Crippen LogP contribution in [0.5, 0.6) is 5.75 Å². The summed E-state index contributed by atoms with van der Waals surface area (Å²) in [5, 5.41) is 4.88. The summed E-state index contributed by atoms with van der Waals surface area (Å²) in [5.74, 6) is 0.412. The molecule has 0 heterocycles. The molecule has 0 amide bonds. The molecule has 0 saturated heterocycles. The first-order valence-corrected chi connectivity index (χ1v) is 5.40. The molecule has 14 heavy (non-hydrogen) atoms. The zero-order chi connectivity index (χ0) is 10.6. The predicted molar refractivity (Wildman–Crippen MR) is 49.3 cm³/mol.